The molecule has 0 aliphatic rings. The number of amidine groups is 1. The Morgan fingerprint density at radius 2 is 2.50 bits per heavy atom. The van der Waals surface area contributed by atoms with Crippen molar-refractivity contribution in [1.82, 2.24) is 0 Å². The number of halogens is 1. The van der Waals surface area contributed by atoms with Crippen LogP contribution >= 0.6 is 15.9 Å². The number of rotatable bonds is 1. The molecule has 0 saturated carbocycles. The van der Waals surface area contributed by atoms with Crippen molar-refractivity contribution in [3.05, 3.63) is 22.6 Å². The summed E-state index contributed by atoms with van der Waals surface area (Å²) in [7, 11) is 0. The monoisotopic (exact) mass is 204 g/mol. The van der Waals surface area contributed by atoms with Crippen LogP contribution in [0.2, 0.25) is 0 Å². The van der Waals surface area contributed by atoms with Gasteiger partial charge in [0.15, 0.2) is 5.76 Å². The highest BCUT2D eigenvalue weighted by Gasteiger charge is 2.02. The smallest absolute Gasteiger partial charge is 0.205 e. The molecule has 1 aromatic rings. The van der Waals surface area contributed by atoms with Gasteiger partial charge in [0, 0.05) is 6.07 Å². The summed E-state index contributed by atoms with van der Waals surface area (Å²) in [5, 5.41) is 10.9. The zero-order valence-electron chi connectivity index (χ0n) is 4.91. The molecule has 0 unspecified atom stereocenters. The molecule has 0 amide bonds. The molecule has 0 radical (unpaired) electrons. The van der Waals surface area contributed by atoms with E-state index in [0.717, 1.165) is 4.47 Å². The van der Waals surface area contributed by atoms with E-state index < -0.39 is 0 Å². The Bertz CT molecular complexity index is 256. The van der Waals surface area contributed by atoms with E-state index in [-0.39, 0.29) is 5.84 Å². The van der Waals surface area contributed by atoms with E-state index in [0.29, 0.717) is 5.76 Å². The zero-order valence-corrected chi connectivity index (χ0v) is 6.50. The first-order valence-electron chi connectivity index (χ1n) is 2.46. The van der Waals surface area contributed by atoms with E-state index in [2.05, 4.69) is 21.1 Å². The second-order valence-corrected chi connectivity index (χ2v) is 2.53. The van der Waals surface area contributed by atoms with Crippen LogP contribution in [0.4, 0.5) is 0 Å². The van der Waals surface area contributed by atoms with E-state index in [1.807, 2.05) is 0 Å². The summed E-state index contributed by atoms with van der Waals surface area (Å²) in [6.45, 7) is 0. The minimum absolute atomic E-state index is 0.0364. The first kappa shape index (κ1) is 7.14. The number of hydrogen-bond acceptors (Lipinski definition) is 3. The van der Waals surface area contributed by atoms with Gasteiger partial charge in [0.2, 0.25) is 5.84 Å². The molecule has 3 N–H and O–H groups in total. The number of oxime groups is 1. The molecule has 0 saturated heterocycles. The Morgan fingerprint density at radius 3 is 2.90 bits per heavy atom. The Kier molecular flexibility index (Phi) is 1.96. The van der Waals surface area contributed by atoms with Crippen LogP contribution in [-0.4, -0.2) is 11.0 Å². The van der Waals surface area contributed by atoms with Crippen LogP contribution in [0, 0.1) is 0 Å². The van der Waals surface area contributed by atoms with Gasteiger partial charge in [-0.2, -0.15) is 0 Å². The van der Waals surface area contributed by atoms with Crippen molar-refractivity contribution in [3.8, 4) is 0 Å². The van der Waals surface area contributed by atoms with Gasteiger partial charge in [0.05, 0.1) is 4.47 Å². The number of furan rings is 1. The van der Waals surface area contributed by atoms with Crippen LogP contribution in [0.3, 0.4) is 0 Å². The summed E-state index contributed by atoms with van der Waals surface area (Å²) in [5.74, 6) is 0.306. The van der Waals surface area contributed by atoms with Crippen molar-refractivity contribution in [2.45, 2.75) is 0 Å². The molecule has 1 rings (SSSR count). The quantitative estimate of drug-likeness (QED) is 0.312. The van der Waals surface area contributed by atoms with Gasteiger partial charge in [-0.15, -0.1) is 0 Å². The summed E-state index contributed by atoms with van der Waals surface area (Å²) in [6.07, 6.45) is 1.45. The summed E-state index contributed by atoms with van der Waals surface area (Å²) in [5.41, 5.74) is 5.19. The molecule has 0 spiro atoms. The third-order valence-electron chi connectivity index (χ3n) is 0.928. The van der Waals surface area contributed by atoms with Gasteiger partial charge in [-0.1, -0.05) is 5.16 Å². The highest BCUT2D eigenvalue weighted by Crippen LogP contribution is 2.13. The molecule has 1 aromatic heterocycles. The molecule has 0 bridgehead atoms. The molecular weight excluding hydrogens is 200 g/mol. The first-order chi connectivity index (χ1) is 4.74. The van der Waals surface area contributed by atoms with Gasteiger partial charge in [0.1, 0.15) is 6.26 Å². The van der Waals surface area contributed by atoms with Gasteiger partial charge in [-0.3, -0.25) is 0 Å². The number of nitrogens with zero attached hydrogens (tertiary/aromatic N) is 1. The Morgan fingerprint density at radius 1 is 1.80 bits per heavy atom. The predicted molar refractivity (Wildman–Crippen MR) is 38.9 cm³/mol. The molecule has 0 aromatic carbocycles. The van der Waals surface area contributed by atoms with Crippen molar-refractivity contribution >= 4 is 21.8 Å². The van der Waals surface area contributed by atoms with Gasteiger partial charge < -0.3 is 15.4 Å². The van der Waals surface area contributed by atoms with Crippen molar-refractivity contribution in [2.24, 2.45) is 10.9 Å². The lowest BCUT2D eigenvalue weighted by Crippen LogP contribution is -2.11. The highest BCUT2D eigenvalue weighted by atomic mass is 79.9. The average Bonchev–Trinajstić information content (AvgIpc) is 2.34. The third kappa shape index (κ3) is 1.30. The lowest BCUT2D eigenvalue weighted by Gasteiger charge is -1.87. The Balaban J connectivity index is 2.95. The van der Waals surface area contributed by atoms with Crippen LogP contribution in [0.1, 0.15) is 5.76 Å². The zero-order chi connectivity index (χ0) is 7.56. The molecule has 0 aliphatic heterocycles. The highest BCUT2D eigenvalue weighted by molar-refractivity contribution is 9.10. The van der Waals surface area contributed by atoms with E-state index in [1.54, 1.807) is 6.07 Å². The standard InChI is InChI=1S/C5H5BrN2O2/c6-3-1-4(10-2-3)5(7)8-9/h1-2,9H,(H2,7,8). The minimum atomic E-state index is -0.0364. The summed E-state index contributed by atoms with van der Waals surface area (Å²) < 4.78 is 5.61. The van der Waals surface area contributed by atoms with E-state index in [4.69, 9.17) is 15.4 Å². The van der Waals surface area contributed by atoms with Crippen LogP contribution < -0.4 is 5.73 Å². The van der Waals surface area contributed by atoms with Crippen LogP contribution in [0.5, 0.6) is 0 Å². The minimum Gasteiger partial charge on any atom is -0.460 e. The largest absolute Gasteiger partial charge is 0.460 e. The maximum atomic E-state index is 8.19. The molecule has 54 valence electrons. The second kappa shape index (κ2) is 2.74. The summed E-state index contributed by atoms with van der Waals surface area (Å²) in [4.78, 5) is 0. The van der Waals surface area contributed by atoms with Gasteiger partial charge in [0.25, 0.3) is 0 Å². The van der Waals surface area contributed by atoms with E-state index in [1.165, 1.54) is 6.26 Å². The van der Waals surface area contributed by atoms with Crippen molar-refractivity contribution in [3.63, 3.8) is 0 Å². The van der Waals surface area contributed by atoms with Crippen molar-refractivity contribution in [2.75, 3.05) is 0 Å². The summed E-state index contributed by atoms with van der Waals surface area (Å²) in [6, 6.07) is 1.61. The fourth-order valence-electron chi connectivity index (χ4n) is 0.497. The van der Waals surface area contributed by atoms with Gasteiger partial charge in [-0.05, 0) is 15.9 Å². The number of nitrogens with two attached hydrogens (primary N) is 1. The number of hydrogen-bond donors (Lipinski definition) is 2. The molecule has 0 atom stereocenters. The first-order valence-corrected chi connectivity index (χ1v) is 3.25. The van der Waals surface area contributed by atoms with E-state index in [9.17, 15) is 0 Å². The van der Waals surface area contributed by atoms with Gasteiger partial charge in [-0.25, -0.2) is 0 Å². The third-order valence-corrected chi connectivity index (χ3v) is 1.34. The molecular formula is C5H5BrN2O2. The fourth-order valence-corrected chi connectivity index (χ4v) is 0.798. The van der Waals surface area contributed by atoms with Crippen molar-refractivity contribution in [1.29, 1.82) is 0 Å². The lowest BCUT2D eigenvalue weighted by atomic mass is 10.4. The van der Waals surface area contributed by atoms with E-state index >= 15 is 0 Å². The lowest BCUT2D eigenvalue weighted by molar-refractivity contribution is 0.317. The topological polar surface area (TPSA) is 71.8 Å². The van der Waals surface area contributed by atoms with Crippen LogP contribution in [0.15, 0.2) is 26.4 Å². The van der Waals surface area contributed by atoms with Crippen LogP contribution in [-0.2, 0) is 0 Å². The normalized spacial score (nSPS) is 11.9. The molecule has 0 fully saturated rings. The maximum Gasteiger partial charge on any atom is 0.205 e. The molecule has 10 heavy (non-hydrogen) atoms. The fraction of sp³-hybridized carbons (Fsp3) is 0. The maximum absolute atomic E-state index is 8.19. The molecule has 1 heterocycles. The van der Waals surface area contributed by atoms with Gasteiger partial charge >= 0.3 is 0 Å². The molecule has 0 aliphatic carbocycles. The Hall–Kier alpha value is -0.970. The second-order valence-electron chi connectivity index (χ2n) is 1.61. The average molecular weight is 205 g/mol. The van der Waals surface area contributed by atoms with Crippen molar-refractivity contribution < 1.29 is 9.62 Å². The summed E-state index contributed by atoms with van der Waals surface area (Å²) >= 11 is 3.14. The molecule has 4 nitrogen and oxygen atoms in total. The van der Waals surface area contributed by atoms with Crippen LogP contribution in [0.25, 0.3) is 0 Å². The SMILES string of the molecule is N/C(=N/O)c1cc(Br)co1. The Labute approximate surface area is 65.4 Å². The predicted octanol–water partition coefficient (Wildman–Crippen LogP) is 1.14. The molecule has 5 heteroatoms.